The molecule has 1 aliphatic carbocycles. The van der Waals surface area contributed by atoms with Crippen LogP contribution < -0.4 is 14.8 Å². The number of carbonyl (C=O) groups excluding carboxylic acids is 1. The van der Waals surface area contributed by atoms with E-state index in [1.54, 1.807) is 12.1 Å². The fraction of sp³-hybridized carbons (Fsp3) is 0.409. The molecule has 0 saturated heterocycles. The zero-order valence-corrected chi connectivity index (χ0v) is 17.2. The Labute approximate surface area is 168 Å². The van der Waals surface area contributed by atoms with Crippen molar-refractivity contribution in [3.05, 3.63) is 54.1 Å². The van der Waals surface area contributed by atoms with E-state index in [4.69, 9.17) is 9.47 Å². The first-order valence-electron chi connectivity index (χ1n) is 9.59. The van der Waals surface area contributed by atoms with Crippen molar-refractivity contribution < 1.29 is 18.5 Å². The molecule has 2 aromatic rings. The van der Waals surface area contributed by atoms with Crippen LogP contribution in [0.3, 0.4) is 0 Å². The Kier molecular flexibility index (Phi) is 7.09. The van der Waals surface area contributed by atoms with Crippen LogP contribution in [0, 0.1) is 5.92 Å². The van der Waals surface area contributed by atoms with Gasteiger partial charge in [-0.05, 0) is 67.6 Å². The number of hydrogen-bond acceptors (Lipinski definition) is 4. The number of amides is 1. The maximum Gasteiger partial charge on any atom is 0.217 e. The van der Waals surface area contributed by atoms with Crippen LogP contribution in [0.5, 0.6) is 11.5 Å². The molecular formula is C22H27NO4S. The molecule has 0 aromatic heterocycles. The minimum Gasteiger partial charge on any atom is -0.493 e. The predicted octanol–water partition coefficient (Wildman–Crippen LogP) is 3.69. The number of rotatable bonds is 10. The van der Waals surface area contributed by atoms with Crippen LogP contribution in [0.25, 0.3) is 0 Å². The van der Waals surface area contributed by atoms with E-state index in [-0.39, 0.29) is 11.9 Å². The fourth-order valence-corrected chi connectivity index (χ4v) is 3.92. The van der Waals surface area contributed by atoms with Gasteiger partial charge in [0.1, 0.15) is 18.1 Å². The smallest absolute Gasteiger partial charge is 0.217 e. The molecule has 0 bridgehead atoms. The summed E-state index contributed by atoms with van der Waals surface area (Å²) in [6.45, 7) is 4.58. The third kappa shape index (κ3) is 6.68. The zero-order valence-electron chi connectivity index (χ0n) is 16.4. The van der Waals surface area contributed by atoms with Gasteiger partial charge in [-0.2, -0.15) is 0 Å². The topological polar surface area (TPSA) is 64.6 Å². The van der Waals surface area contributed by atoms with E-state index in [9.17, 15) is 9.00 Å². The number of carbonyl (C=O) groups is 1. The molecule has 0 aliphatic heterocycles. The van der Waals surface area contributed by atoms with Gasteiger partial charge in [-0.25, -0.2) is 0 Å². The van der Waals surface area contributed by atoms with Crippen LogP contribution in [0.15, 0.2) is 53.4 Å². The average molecular weight is 402 g/mol. The second-order valence-corrected chi connectivity index (χ2v) is 8.77. The maximum absolute atomic E-state index is 12.4. The lowest BCUT2D eigenvalue weighted by Gasteiger charge is -2.12. The highest BCUT2D eigenvalue weighted by Gasteiger charge is 2.21. The van der Waals surface area contributed by atoms with Crippen molar-refractivity contribution in [3.8, 4) is 11.5 Å². The highest BCUT2D eigenvalue weighted by Crippen LogP contribution is 2.29. The fourth-order valence-electron chi connectivity index (χ4n) is 2.75. The van der Waals surface area contributed by atoms with Crippen LogP contribution in [0.4, 0.5) is 0 Å². The van der Waals surface area contributed by atoms with Crippen molar-refractivity contribution in [1.82, 2.24) is 5.32 Å². The first-order chi connectivity index (χ1) is 13.5. The minimum absolute atomic E-state index is 0.115. The van der Waals surface area contributed by atoms with Crippen molar-refractivity contribution in [2.75, 3.05) is 12.4 Å². The molecule has 3 rings (SSSR count). The summed E-state index contributed by atoms with van der Waals surface area (Å²) in [7, 11) is -1.17. The Morgan fingerprint density at radius 2 is 1.68 bits per heavy atom. The molecular weight excluding hydrogens is 374 g/mol. The Balaban J connectivity index is 1.45. The lowest BCUT2D eigenvalue weighted by atomic mass is 10.2. The van der Waals surface area contributed by atoms with E-state index in [1.165, 1.54) is 19.8 Å². The van der Waals surface area contributed by atoms with Crippen molar-refractivity contribution in [3.63, 3.8) is 0 Å². The van der Waals surface area contributed by atoms with Gasteiger partial charge >= 0.3 is 0 Å². The Morgan fingerprint density at radius 1 is 1.07 bits per heavy atom. The molecule has 6 heteroatoms. The van der Waals surface area contributed by atoms with E-state index in [1.807, 2.05) is 43.3 Å². The normalized spacial score (nSPS) is 15.5. The van der Waals surface area contributed by atoms with Crippen LogP contribution in [-0.2, 0) is 22.2 Å². The van der Waals surface area contributed by atoms with Crippen molar-refractivity contribution in [2.45, 2.75) is 44.2 Å². The molecule has 28 heavy (non-hydrogen) atoms. The summed E-state index contributed by atoms with van der Waals surface area (Å²) >= 11 is 0. The van der Waals surface area contributed by atoms with E-state index < -0.39 is 10.8 Å². The molecule has 2 aromatic carbocycles. The molecule has 1 unspecified atom stereocenters. The number of nitrogens with one attached hydrogen (secondary N) is 1. The van der Waals surface area contributed by atoms with Gasteiger partial charge in [0, 0.05) is 23.6 Å². The molecule has 0 heterocycles. The van der Waals surface area contributed by atoms with E-state index >= 15 is 0 Å². The lowest BCUT2D eigenvalue weighted by molar-refractivity contribution is -0.119. The Morgan fingerprint density at radius 3 is 2.29 bits per heavy atom. The van der Waals surface area contributed by atoms with E-state index in [0.29, 0.717) is 12.4 Å². The molecule has 2 atom stereocenters. The summed E-state index contributed by atoms with van der Waals surface area (Å²) in [6.07, 6.45) is 2.57. The summed E-state index contributed by atoms with van der Waals surface area (Å²) in [5, 5.41) is 2.75. The van der Waals surface area contributed by atoms with Gasteiger partial charge in [0.05, 0.1) is 17.4 Å². The number of ether oxygens (including phenoxy) is 2. The van der Waals surface area contributed by atoms with Gasteiger partial charge in [0.15, 0.2) is 0 Å². The van der Waals surface area contributed by atoms with Gasteiger partial charge in [-0.3, -0.25) is 9.00 Å². The molecule has 1 aliphatic rings. The summed E-state index contributed by atoms with van der Waals surface area (Å²) in [5.41, 5.74) is 1.07. The van der Waals surface area contributed by atoms with Crippen LogP contribution in [0.1, 0.15) is 32.3 Å². The summed E-state index contributed by atoms with van der Waals surface area (Å²) in [5.74, 6) is 2.64. The van der Waals surface area contributed by atoms with E-state index in [0.717, 1.165) is 34.5 Å². The van der Waals surface area contributed by atoms with Gasteiger partial charge in [0.25, 0.3) is 0 Å². The van der Waals surface area contributed by atoms with Crippen LogP contribution in [0.2, 0.25) is 0 Å². The second-order valence-electron chi connectivity index (χ2n) is 7.27. The third-order valence-electron chi connectivity index (χ3n) is 4.45. The minimum atomic E-state index is -1.17. The highest BCUT2D eigenvalue weighted by atomic mass is 32.2. The molecule has 1 N–H and O–H groups in total. The standard InChI is InChI=1S/C22H27NO4S/c1-16(23-17(2)24)15-28(25)22-11-9-21(10-12-22)27-14-19-5-7-20(8-6-19)26-13-18-3-4-18/h5-12,16,18H,3-4,13-15H2,1-2H3,(H,23,24)/t16-,28?/m0/s1. The molecule has 150 valence electrons. The van der Waals surface area contributed by atoms with Crippen LogP contribution >= 0.6 is 0 Å². The SMILES string of the molecule is CC(=O)N[C@@H](C)CS(=O)c1ccc(OCc2ccc(OCC3CC3)cc2)cc1. The van der Waals surface area contributed by atoms with Gasteiger partial charge in [-0.1, -0.05) is 12.1 Å². The van der Waals surface area contributed by atoms with Crippen molar-refractivity contribution in [2.24, 2.45) is 5.92 Å². The van der Waals surface area contributed by atoms with Gasteiger partial charge in [-0.15, -0.1) is 0 Å². The quantitative estimate of drug-likeness (QED) is 0.660. The second kappa shape index (κ2) is 9.73. The molecule has 1 amide bonds. The monoisotopic (exact) mass is 401 g/mol. The Bertz CT molecular complexity index is 800. The summed E-state index contributed by atoms with van der Waals surface area (Å²) in [4.78, 5) is 11.8. The molecule has 0 radical (unpaired) electrons. The highest BCUT2D eigenvalue weighted by molar-refractivity contribution is 7.85. The van der Waals surface area contributed by atoms with Crippen molar-refractivity contribution >= 4 is 16.7 Å². The summed E-state index contributed by atoms with van der Waals surface area (Å²) in [6, 6.07) is 15.1. The number of hydrogen-bond donors (Lipinski definition) is 1. The van der Waals surface area contributed by atoms with Gasteiger partial charge in [0.2, 0.25) is 5.91 Å². The maximum atomic E-state index is 12.4. The predicted molar refractivity (Wildman–Crippen MR) is 110 cm³/mol. The Hall–Kier alpha value is -2.34. The first-order valence-corrected chi connectivity index (χ1v) is 10.9. The van der Waals surface area contributed by atoms with Crippen molar-refractivity contribution in [1.29, 1.82) is 0 Å². The molecule has 1 fully saturated rings. The zero-order chi connectivity index (χ0) is 19.9. The molecule has 0 spiro atoms. The summed E-state index contributed by atoms with van der Waals surface area (Å²) < 4.78 is 23.9. The van der Waals surface area contributed by atoms with E-state index in [2.05, 4.69) is 5.32 Å². The lowest BCUT2D eigenvalue weighted by Crippen LogP contribution is -2.34. The average Bonchev–Trinajstić information content (AvgIpc) is 3.49. The number of benzene rings is 2. The van der Waals surface area contributed by atoms with Gasteiger partial charge < -0.3 is 14.8 Å². The van der Waals surface area contributed by atoms with Crippen LogP contribution in [-0.4, -0.2) is 28.5 Å². The largest absolute Gasteiger partial charge is 0.493 e. The molecule has 1 saturated carbocycles. The molecule has 5 nitrogen and oxygen atoms in total. The third-order valence-corrected chi connectivity index (χ3v) is 6.05. The first kappa shape index (κ1) is 20.4.